The molecule has 0 aliphatic carbocycles. The molecule has 2 amide bonds. The third-order valence-corrected chi connectivity index (χ3v) is 6.24. The molecule has 0 aliphatic rings. The van der Waals surface area contributed by atoms with Gasteiger partial charge in [-0.25, -0.2) is 8.42 Å². The summed E-state index contributed by atoms with van der Waals surface area (Å²) in [5, 5.41) is 2.86. The minimum absolute atomic E-state index is 0.196. The van der Waals surface area contributed by atoms with E-state index in [0.29, 0.717) is 12.2 Å². The maximum Gasteiger partial charge on any atom is 0.244 e. The summed E-state index contributed by atoms with van der Waals surface area (Å²) in [5.41, 5.74) is 2.04. The monoisotopic (exact) mass is 459 g/mol. The van der Waals surface area contributed by atoms with Crippen molar-refractivity contribution in [3.8, 4) is 0 Å². The standard InChI is InChI=1S/C24H33N3O4S/c1-18(2)15-25-24(29)20(4)26(16-21-12-7-6-8-13-21)23(28)17-27(32(5,30)31)22-14-10-9-11-19(22)3/h6-14,18,20H,15-17H2,1-5H3,(H,25,29)/t20-/m0/s1. The largest absolute Gasteiger partial charge is 0.354 e. The Morgan fingerprint density at radius 2 is 1.56 bits per heavy atom. The molecule has 0 saturated heterocycles. The molecular formula is C24H33N3O4S. The number of amides is 2. The third-order valence-electron chi connectivity index (χ3n) is 5.11. The zero-order valence-corrected chi connectivity index (χ0v) is 20.2. The highest BCUT2D eigenvalue weighted by Gasteiger charge is 2.30. The van der Waals surface area contributed by atoms with Crippen LogP contribution in [0, 0.1) is 12.8 Å². The van der Waals surface area contributed by atoms with Gasteiger partial charge >= 0.3 is 0 Å². The number of nitrogens with one attached hydrogen (secondary N) is 1. The van der Waals surface area contributed by atoms with Crippen molar-refractivity contribution in [1.82, 2.24) is 10.2 Å². The molecule has 174 valence electrons. The van der Waals surface area contributed by atoms with Gasteiger partial charge in [0, 0.05) is 13.1 Å². The van der Waals surface area contributed by atoms with Crippen LogP contribution in [0.3, 0.4) is 0 Å². The molecule has 0 fully saturated rings. The fourth-order valence-corrected chi connectivity index (χ4v) is 4.16. The zero-order valence-electron chi connectivity index (χ0n) is 19.4. The molecule has 0 aliphatic heterocycles. The third kappa shape index (κ3) is 7.09. The highest BCUT2D eigenvalue weighted by molar-refractivity contribution is 7.92. The lowest BCUT2D eigenvalue weighted by molar-refractivity contribution is -0.139. The first-order chi connectivity index (χ1) is 15.0. The van der Waals surface area contributed by atoms with Gasteiger partial charge in [-0.05, 0) is 37.0 Å². The minimum atomic E-state index is -3.72. The molecule has 8 heteroatoms. The topological polar surface area (TPSA) is 86.8 Å². The maximum atomic E-state index is 13.4. The fourth-order valence-electron chi connectivity index (χ4n) is 3.25. The number of hydrogen-bond donors (Lipinski definition) is 1. The van der Waals surface area contributed by atoms with E-state index in [1.807, 2.05) is 50.2 Å². The van der Waals surface area contributed by atoms with Crippen LogP contribution in [0.1, 0.15) is 31.9 Å². The molecule has 7 nitrogen and oxygen atoms in total. The Kier molecular flexibility index (Phi) is 8.83. The number of hydrogen-bond acceptors (Lipinski definition) is 4. The number of anilines is 1. The summed E-state index contributed by atoms with van der Waals surface area (Å²) < 4.78 is 26.2. The summed E-state index contributed by atoms with van der Waals surface area (Å²) in [4.78, 5) is 27.6. The van der Waals surface area contributed by atoms with Crippen molar-refractivity contribution in [2.75, 3.05) is 23.7 Å². The highest BCUT2D eigenvalue weighted by Crippen LogP contribution is 2.22. The number of nitrogens with zero attached hydrogens (tertiary/aromatic N) is 2. The van der Waals surface area contributed by atoms with Crippen LogP contribution in [0.5, 0.6) is 0 Å². The predicted molar refractivity (Wildman–Crippen MR) is 128 cm³/mol. The molecule has 2 rings (SSSR count). The number of benzene rings is 2. The van der Waals surface area contributed by atoms with Gasteiger partial charge in [0.2, 0.25) is 21.8 Å². The Bertz CT molecular complexity index is 1020. The highest BCUT2D eigenvalue weighted by atomic mass is 32.2. The van der Waals surface area contributed by atoms with Crippen LogP contribution in [0.2, 0.25) is 0 Å². The number of carbonyl (C=O) groups excluding carboxylic acids is 2. The lowest BCUT2D eigenvalue weighted by atomic mass is 10.1. The van der Waals surface area contributed by atoms with Crippen LogP contribution in [0.4, 0.5) is 5.69 Å². The van der Waals surface area contributed by atoms with Crippen molar-refractivity contribution >= 4 is 27.5 Å². The average molecular weight is 460 g/mol. The Morgan fingerprint density at radius 1 is 0.969 bits per heavy atom. The lowest BCUT2D eigenvalue weighted by Crippen LogP contribution is -2.51. The van der Waals surface area contributed by atoms with Gasteiger partial charge in [0.15, 0.2) is 0 Å². The van der Waals surface area contributed by atoms with Crippen LogP contribution >= 0.6 is 0 Å². The van der Waals surface area contributed by atoms with E-state index in [-0.39, 0.29) is 18.4 Å². The van der Waals surface area contributed by atoms with Crippen molar-refractivity contribution < 1.29 is 18.0 Å². The van der Waals surface area contributed by atoms with E-state index in [4.69, 9.17) is 0 Å². The molecular weight excluding hydrogens is 426 g/mol. The number of para-hydroxylation sites is 1. The SMILES string of the molecule is Cc1ccccc1N(CC(=O)N(Cc1ccccc1)[C@@H](C)C(=O)NCC(C)C)S(C)(=O)=O. The molecule has 32 heavy (non-hydrogen) atoms. The van der Waals surface area contributed by atoms with Gasteiger partial charge in [-0.2, -0.15) is 0 Å². The molecule has 0 heterocycles. The summed E-state index contributed by atoms with van der Waals surface area (Å²) in [7, 11) is -3.72. The van der Waals surface area contributed by atoms with Crippen LogP contribution in [-0.2, 0) is 26.2 Å². The summed E-state index contributed by atoms with van der Waals surface area (Å²) in [5.74, 6) is -0.453. The van der Waals surface area contributed by atoms with E-state index in [1.165, 1.54) is 4.90 Å². The Morgan fingerprint density at radius 3 is 2.12 bits per heavy atom. The van der Waals surface area contributed by atoms with Crippen molar-refractivity contribution in [1.29, 1.82) is 0 Å². The second kappa shape index (κ2) is 11.1. The Hall–Kier alpha value is -2.87. The van der Waals surface area contributed by atoms with Crippen molar-refractivity contribution in [2.45, 2.75) is 40.3 Å². The molecule has 1 atom stereocenters. The molecule has 2 aromatic carbocycles. The van der Waals surface area contributed by atoms with E-state index < -0.39 is 28.5 Å². The molecule has 0 spiro atoms. The van der Waals surface area contributed by atoms with Crippen LogP contribution in [0.25, 0.3) is 0 Å². The van der Waals surface area contributed by atoms with Gasteiger partial charge in [0.1, 0.15) is 12.6 Å². The predicted octanol–water partition coefficient (Wildman–Crippen LogP) is 2.95. The molecule has 0 bridgehead atoms. The second-order valence-corrected chi connectivity index (χ2v) is 10.3. The molecule has 1 N–H and O–H groups in total. The molecule has 2 aromatic rings. The quantitative estimate of drug-likeness (QED) is 0.592. The zero-order chi connectivity index (χ0) is 23.9. The number of rotatable bonds is 10. The van der Waals surface area contributed by atoms with E-state index in [2.05, 4.69) is 5.32 Å². The van der Waals surface area contributed by atoms with E-state index in [9.17, 15) is 18.0 Å². The summed E-state index contributed by atoms with van der Waals surface area (Å²) >= 11 is 0. The van der Waals surface area contributed by atoms with Gasteiger partial charge in [-0.15, -0.1) is 0 Å². The van der Waals surface area contributed by atoms with Gasteiger partial charge in [-0.1, -0.05) is 62.4 Å². The molecule has 0 unspecified atom stereocenters. The van der Waals surface area contributed by atoms with Crippen molar-refractivity contribution in [2.24, 2.45) is 5.92 Å². The summed E-state index contributed by atoms with van der Waals surface area (Å²) in [6.45, 7) is 7.74. The van der Waals surface area contributed by atoms with E-state index in [1.54, 1.807) is 32.0 Å². The summed E-state index contributed by atoms with van der Waals surface area (Å²) in [6.07, 6.45) is 1.08. The summed E-state index contributed by atoms with van der Waals surface area (Å²) in [6, 6.07) is 15.6. The first-order valence-corrected chi connectivity index (χ1v) is 12.5. The first kappa shape index (κ1) is 25.4. The van der Waals surface area contributed by atoms with Crippen LogP contribution in [0.15, 0.2) is 54.6 Å². The van der Waals surface area contributed by atoms with Gasteiger partial charge in [0.25, 0.3) is 0 Å². The maximum absolute atomic E-state index is 13.4. The minimum Gasteiger partial charge on any atom is -0.354 e. The van der Waals surface area contributed by atoms with Gasteiger partial charge in [0.05, 0.1) is 11.9 Å². The van der Waals surface area contributed by atoms with Crippen molar-refractivity contribution in [3.63, 3.8) is 0 Å². The van der Waals surface area contributed by atoms with Crippen LogP contribution < -0.4 is 9.62 Å². The van der Waals surface area contributed by atoms with E-state index >= 15 is 0 Å². The number of aryl methyl sites for hydroxylation is 1. The molecule has 0 radical (unpaired) electrons. The van der Waals surface area contributed by atoms with Gasteiger partial charge < -0.3 is 10.2 Å². The number of sulfonamides is 1. The Labute approximate surface area is 191 Å². The van der Waals surface area contributed by atoms with Gasteiger partial charge in [-0.3, -0.25) is 13.9 Å². The molecule has 0 saturated carbocycles. The van der Waals surface area contributed by atoms with Crippen molar-refractivity contribution in [3.05, 3.63) is 65.7 Å². The second-order valence-electron chi connectivity index (χ2n) is 8.38. The normalized spacial score (nSPS) is 12.3. The lowest BCUT2D eigenvalue weighted by Gasteiger charge is -2.32. The first-order valence-electron chi connectivity index (χ1n) is 10.6. The number of carbonyl (C=O) groups is 2. The average Bonchev–Trinajstić information content (AvgIpc) is 2.74. The smallest absolute Gasteiger partial charge is 0.244 e. The van der Waals surface area contributed by atoms with Crippen LogP contribution in [-0.4, -0.2) is 50.5 Å². The fraction of sp³-hybridized carbons (Fsp3) is 0.417. The van der Waals surface area contributed by atoms with E-state index in [0.717, 1.165) is 21.7 Å². The Balaban J connectivity index is 2.35. The molecule has 0 aromatic heterocycles.